The van der Waals surface area contributed by atoms with Gasteiger partial charge in [-0.15, -0.1) is 13.2 Å². The van der Waals surface area contributed by atoms with Crippen molar-refractivity contribution in [2.45, 2.75) is 93.9 Å². The summed E-state index contributed by atoms with van der Waals surface area (Å²) < 4.78 is 12.3. The van der Waals surface area contributed by atoms with Crippen LogP contribution >= 0.6 is 15.9 Å². The Kier molecular flexibility index (Phi) is 12.4. The van der Waals surface area contributed by atoms with Crippen LogP contribution in [0.3, 0.4) is 0 Å². The number of halogens is 1. The molecule has 41 heavy (non-hydrogen) atoms. The first-order valence-corrected chi connectivity index (χ1v) is 15.8. The second-order valence-electron chi connectivity index (χ2n) is 11.3. The minimum Gasteiger partial charge on any atom is -0.460 e. The number of likely N-dealkylation sites (tertiary alicyclic amines) is 1. The summed E-state index contributed by atoms with van der Waals surface area (Å²) in [5, 5.41) is 12.1. The average molecular weight is 641 g/mol. The van der Waals surface area contributed by atoms with Crippen molar-refractivity contribution in [1.29, 1.82) is 0 Å². The zero-order valence-corrected chi connectivity index (χ0v) is 26.0. The molecule has 0 aliphatic carbocycles. The van der Waals surface area contributed by atoms with Gasteiger partial charge in [-0.05, 0) is 39.0 Å². The highest BCUT2D eigenvalue weighted by atomic mass is 79.9. The highest BCUT2D eigenvalue weighted by Crippen LogP contribution is 2.60. The molecule has 10 nitrogen and oxygen atoms in total. The summed E-state index contributed by atoms with van der Waals surface area (Å²) in [6.07, 6.45) is 7.20. The largest absolute Gasteiger partial charge is 0.460 e. The van der Waals surface area contributed by atoms with E-state index in [0.717, 1.165) is 19.3 Å². The summed E-state index contributed by atoms with van der Waals surface area (Å²) in [6.45, 7) is 12.5. The second-order valence-corrected chi connectivity index (χ2v) is 12.5. The maximum atomic E-state index is 14.2. The average Bonchev–Trinajstić information content (AvgIpc) is 3.53. The van der Waals surface area contributed by atoms with Gasteiger partial charge in [0.05, 0.1) is 24.5 Å². The van der Waals surface area contributed by atoms with Gasteiger partial charge in [0.1, 0.15) is 17.7 Å². The maximum absolute atomic E-state index is 14.2. The molecule has 1 spiro atoms. The van der Waals surface area contributed by atoms with Crippen LogP contribution in [0.5, 0.6) is 0 Å². The number of allylic oxidation sites excluding steroid dienone is 1. The Morgan fingerprint density at radius 1 is 1.27 bits per heavy atom. The van der Waals surface area contributed by atoms with E-state index in [9.17, 15) is 24.3 Å². The fourth-order valence-corrected chi connectivity index (χ4v) is 7.33. The van der Waals surface area contributed by atoms with Gasteiger partial charge >= 0.3 is 5.97 Å². The Bertz CT molecular complexity index is 978. The number of hydrogen-bond acceptors (Lipinski definition) is 7. The lowest BCUT2D eigenvalue weighted by Crippen LogP contribution is -2.57. The third-order valence-corrected chi connectivity index (χ3v) is 9.12. The lowest BCUT2D eigenvalue weighted by atomic mass is 9.70. The van der Waals surface area contributed by atoms with E-state index in [1.807, 2.05) is 0 Å². The Labute approximate surface area is 252 Å². The topological polar surface area (TPSA) is 125 Å². The third-order valence-electron chi connectivity index (χ3n) is 8.27. The number of aliphatic hydroxyl groups excluding tert-OH is 1. The molecule has 3 heterocycles. The molecule has 3 fully saturated rings. The molecule has 3 saturated heterocycles. The lowest BCUT2D eigenvalue weighted by molar-refractivity contribution is -0.159. The highest BCUT2D eigenvalue weighted by molar-refractivity contribution is 9.09. The van der Waals surface area contributed by atoms with Gasteiger partial charge in [0, 0.05) is 37.5 Å². The number of rotatable bonds is 18. The van der Waals surface area contributed by atoms with Crippen LogP contribution in [-0.4, -0.2) is 100 Å². The van der Waals surface area contributed by atoms with Crippen LogP contribution in [0.1, 0.15) is 65.2 Å². The first-order valence-electron chi connectivity index (χ1n) is 14.9. The number of amides is 3. The summed E-state index contributed by atoms with van der Waals surface area (Å²) in [6, 6.07) is -0.885. The van der Waals surface area contributed by atoms with Crippen molar-refractivity contribution in [3.63, 3.8) is 0 Å². The number of hydrogen-bond donors (Lipinski definition) is 2. The summed E-state index contributed by atoms with van der Waals surface area (Å²) in [7, 11) is 0. The molecule has 3 rings (SSSR count). The van der Waals surface area contributed by atoms with Crippen molar-refractivity contribution in [3.8, 4) is 0 Å². The number of unbranched alkanes of at least 4 members (excludes halogenated alkanes) is 3. The highest BCUT2D eigenvalue weighted by Gasteiger charge is 2.77. The first kappa shape index (κ1) is 33.3. The Hall–Kier alpha value is -2.24. The number of fused-ring (bicyclic) bond motifs is 1. The van der Waals surface area contributed by atoms with Crippen molar-refractivity contribution in [2.24, 2.45) is 11.8 Å². The summed E-state index contributed by atoms with van der Waals surface area (Å²) in [4.78, 5) is 56.9. The molecule has 7 atom stereocenters. The molecular formula is C30H46BrN3O7. The minimum atomic E-state index is -1.16. The van der Waals surface area contributed by atoms with Crippen LogP contribution in [0.15, 0.2) is 25.3 Å². The number of nitrogens with one attached hydrogen (secondary N) is 1. The van der Waals surface area contributed by atoms with E-state index in [2.05, 4.69) is 41.3 Å². The molecule has 1 unspecified atom stereocenters. The van der Waals surface area contributed by atoms with Crippen molar-refractivity contribution in [1.82, 2.24) is 15.1 Å². The summed E-state index contributed by atoms with van der Waals surface area (Å²) in [5.74, 6) is -2.96. The number of carbonyl (C=O) groups excluding carboxylic acids is 4. The molecule has 3 aliphatic rings. The van der Waals surface area contributed by atoms with E-state index >= 15 is 0 Å². The van der Waals surface area contributed by atoms with Crippen molar-refractivity contribution < 1.29 is 33.8 Å². The van der Waals surface area contributed by atoms with E-state index in [4.69, 9.17) is 9.47 Å². The molecule has 0 aromatic rings. The van der Waals surface area contributed by atoms with Crippen LogP contribution < -0.4 is 5.32 Å². The quantitative estimate of drug-likeness (QED) is 0.102. The third kappa shape index (κ3) is 7.22. The molecule has 3 amide bonds. The van der Waals surface area contributed by atoms with Gasteiger partial charge in [0.25, 0.3) is 0 Å². The van der Waals surface area contributed by atoms with Crippen LogP contribution in [-0.2, 0) is 28.7 Å². The van der Waals surface area contributed by atoms with Gasteiger partial charge in [0.15, 0.2) is 0 Å². The molecule has 2 N–H and O–H groups in total. The smallest absolute Gasteiger partial charge is 0.312 e. The molecule has 0 aromatic heterocycles. The molecule has 2 bridgehead atoms. The predicted molar refractivity (Wildman–Crippen MR) is 158 cm³/mol. The monoisotopic (exact) mass is 639 g/mol. The molecular weight excluding hydrogens is 594 g/mol. The molecule has 0 saturated carbocycles. The molecule has 0 radical (unpaired) electrons. The Morgan fingerprint density at radius 3 is 2.68 bits per heavy atom. The van der Waals surface area contributed by atoms with Crippen LogP contribution in [0.2, 0.25) is 0 Å². The number of ether oxygens (including phenoxy) is 2. The van der Waals surface area contributed by atoms with Gasteiger partial charge in [-0.3, -0.25) is 19.2 Å². The van der Waals surface area contributed by atoms with E-state index in [1.165, 1.54) is 0 Å². The minimum absolute atomic E-state index is 0.0200. The number of carbonyl (C=O) groups is 4. The predicted octanol–water partition coefficient (Wildman–Crippen LogP) is 2.73. The van der Waals surface area contributed by atoms with Crippen LogP contribution in [0.25, 0.3) is 0 Å². The van der Waals surface area contributed by atoms with Gasteiger partial charge in [-0.2, -0.15) is 0 Å². The van der Waals surface area contributed by atoms with Gasteiger partial charge < -0.3 is 29.7 Å². The molecule has 230 valence electrons. The molecule has 11 heteroatoms. The number of esters is 1. The SMILES string of the molecule is C=CCCC(=O)NC[C@@H](C)OC(=O)[C@H]1[C@@H]2O[C@@]3(CC2Br)[C@@H]1C(=O)N(CCCCO)[C@@H]3C(=O)N(CC=C)CCCCC. The normalized spacial score (nSPS) is 28.7. The standard InChI is InChI=1S/C30H46BrN3O7/c1-5-8-10-15-33(14-7-3)28(38)26-30-18-21(31)25(41-30)23(24(30)27(37)34(26)16-11-12-17-35)29(39)40-20(4)19-32-22(36)13-9-6-2/h6-7,20-21,23-26,35H,2-3,5,8-19H2,1,4H3,(H,32,36)/t20-,21?,23-,24+,25-,26-,30+/m1/s1. The van der Waals surface area contributed by atoms with Gasteiger partial charge in [-0.25, -0.2) is 0 Å². The van der Waals surface area contributed by atoms with Crippen LogP contribution in [0.4, 0.5) is 0 Å². The summed E-state index contributed by atoms with van der Waals surface area (Å²) in [5.41, 5.74) is -1.16. The lowest BCUT2D eigenvalue weighted by Gasteiger charge is -2.37. The van der Waals surface area contributed by atoms with E-state index in [0.29, 0.717) is 45.2 Å². The first-order chi connectivity index (χ1) is 19.7. The Balaban J connectivity index is 1.85. The van der Waals surface area contributed by atoms with Crippen molar-refractivity contribution in [3.05, 3.63) is 25.3 Å². The van der Waals surface area contributed by atoms with E-state index in [-0.39, 0.29) is 42.2 Å². The molecule has 3 aliphatic heterocycles. The van der Waals surface area contributed by atoms with Crippen molar-refractivity contribution in [2.75, 3.05) is 32.8 Å². The number of nitrogens with zero attached hydrogens (tertiary/aromatic N) is 2. The van der Waals surface area contributed by atoms with Crippen LogP contribution in [0, 0.1) is 11.8 Å². The second kappa shape index (κ2) is 15.3. The molecule has 0 aromatic carbocycles. The van der Waals surface area contributed by atoms with Crippen molar-refractivity contribution >= 4 is 39.6 Å². The number of aliphatic hydroxyl groups is 1. The fourth-order valence-electron chi connectivity index (χ4n) is 6.38. The fraction of sp³-hybridized carbons (Fsp3) is 0.733. The zero-order chi connectivity index (χ0) is 30.2. The summed E-state index contributed by atoms with van der Waals surface area (Å²) >= 11 is 3.67. The van der Waals surface area contributed by atoms with Gasteiger partial charge in [0.2, 0.25) is 17.7 Å². The van der Waals surface area contributed by atoms with E-state index < -0.39 is 41.7 Å². The van der Waals surface area contributed by atoms with E-state index in [1.54, 1.807) is 28.9 Å². The number of alkyl halides is 1. The zero-order valence-electron chi connectivity index (χ0n) is 24.4. The Morgan fingerprint density at radius 2 is 2.02 bits per heavy atom. The van der Waals surface area contributed by atoms with Gasteiger partial charge in [-0.1, -0.05) is 47.8 Å². The maximum Gasteiger partial charge on any atom is 0.312 e.